The van der Waals surface area contributed by atoms with Crippen LogP contribution in [0.5, 0.6) is 11.5 Å². The number of nitrogens with one attached hydrogen (secondary N) is 1. The molecule has 4 rings (SSSR count). The number of carbonyl (C=O) groups is 1. The molecule has 3 aromatic rings. The van der Waals surface area contributed by atoms with Gasteiger partial charge in [-0.1, -0.05) is 11.8 Å². The van der Waals surface area contributed by atoms with Crippen molar-refractivity contribution in [1.29, 1.82) is 0 Å². The summed E-state index contributed by atoms with van der Waals surface area (Å²) in [6, 6.07) is 13.7. The number of methoxy groups -OCH3 is 2. The average molecular weight is 413 g/mol. The predicted molar refractivity (Wildman–Crippen MR) is 115 cm³/mol. The number of H-pyrrole nitrogens is 1. The highest BCUT2D eigenvalue weighted by molar-refractivity contribution is 7.99. The number of fused-ring (bicyclic) bond motifs is 1. The van der Waals surface area contributed by atoms with Crippen LogP contribution in [0.1, 0.15) is 0 Å². The maximum atomic E-state index is 12.6. The Morgan fingerprint density at radius 1 is 1.03 bits per heavy atom. The third kappa shape index (κ3) is 4.42. The molecule has 2 aromatic carbocycles. The van der Waals surface area contributed by atoms with Gasteiger partial charge in [0.05, 0.1) is 31.0 Å². The van der Waals surface area contributed by atoms with E-state index in [0.717, 1.165) is 59.6 Å². The van der Waals surface area contributed by atoms with E-state index in [-0.39, 0.29) is 5.91 Å². The molecule has 1 aromatic heterocycles. The monoisotopic (exact) mass is 412 g/mol. The Labute approximate surface area is 174 Å². The van der Waals surface area contributed by atoms with Gasteiger partial charge >= 0.3 is 0 Å². The van der Waals surface area contributed by atoms with Gasteiger partial charge in [0.15, 0.2) is 5.16 Å². The molecular formula is C21H24N4O3S. The molecule has 8 heteroatoms. The van der Waals surface area contributed by atoms with E-state index in [1.54, 1.807) is 14.2 Å². The molecule has 1 N–H and O–H groups in total. The van der Waals surface area contributed by atoms with E-state index in [4.69, 9.17) is 9.47 Å². The number of carbonyl (C=O) groups excluding carboxylic acids is 1. The van der Waals surface area contributed by atoms with Crippen molar-refractivity contribution in [2.45, 2.75) is 5.16 Å². The molecule has 0 radical (unpaired) electrons. The molecule has 2 heterocycles. The largest absolute Gasteiger partial charge is 0.497 e. The molecule has 0 unspecified atom stereocenters. The number of aromatic nitrogens is 2. The number of benzene rings is 2. The van der Waals surface area contributed by atoms with Crippen LogP contribution in [0.2, 0.25) is 0 Å². The fourth-order valence-corrected chi connectivity index (χ4v) is 4.18. The lowest BCUT2D eigenvalue weighted by Gasteiger charge is -2.36. The number of piperazine rings is 1. The van der Waals surface area contributed by atoms with Crippen LogP contribution in [-0.2, 0) is 4.79 Å². The van der Waals surface area contributed by atoms with Crippen LogP contribution in [0.15, 0.2) is 47.6 Å². The van der Waals surface area contributed by atoms with Crippen LogP contribution in [0, 0.1) is 0 Å². The van der Waals surface area contributed by atoms with Gasteiger partial charge in [0.25, 0.3) is 0 Å². The molecule has 0 aliphatic carbocycles. The number of amides is 1. The molecule has 1 saturated heterocycles. The molecule has 0 atom stereocenters. The summed E-state index contributed by atoms with van der Waals surface area (Å²) >= 11 is 1.44. The Morgan fingerprint density at radius 3 is 2.41 bits per heavy atom. The van der Waals surface area contributed by atoms with Crippen molar-refractivity contribution < 1.29 is 14.3 Å². The molecule has 1 amide bonds. The van der Waals surface area contributed by atoms with Gasteiger partial charge in [0, 0.05) is 37.9 Å². The van der Waals surface area contributed by atoms with Gasteiger partial charge in [0.1, 0.15) is 11.5 Å². The average Bonchev–Trinajstić information content (AvgIpc) is 3.19. The van der Waals surface area contributed by atoms with Gasteiger partial charge in [-0.3, -0.25) is 4.79 Å². The minimum Gasteiger partial charge on any atom is -0.497 e. The number of nitrogens with zero attached hydrogens (tertiary/aromatic N) is 3. The van der Waals surface area contributed by atoms with E-state index in [1.807, 2.05) is 35.2 Å². The lowest BCUT2D eigenvalue weighted by Crippen LogP contribution is -2.49. The lowest BCUT2D eigenvalue weighted by atomic mass is 10.2. The topological polar surface area (TPSA) is 70.7 Å². The van der Waals surface area contributed by atoms with Crippen molar-refractivity contribution in [2.75, 3.05) is 51.1 Å². The number of hydrogen-bond acceptors (Lipinski definition) is 6. The highest BCUT2D eigenvalue weighted by Gasteiger charge is 2.21. The Hall–Kier alpha value is -2.87. The summed E-state index contributed by atoms with van der Waals surface area (Å²) in [4.78, 5) is 24.6. The van der Waals surface area contributed by atoms with Gasteiger partial charge in [-0.15, -0.1) is 0 Å². The lowest BCUT2D eigenvalue weighted by molar-refractivity contribution is -0.128. The van der Waals surface area contributed by atoms with Gasteiger partial charge in [0.2, 0.25) is 5.91 Å². The third-order valence-electron chi connectivity index (χ3n) is 5.07. The zero-order chi connectivity index (χ0) is 20.2. The molecule has 1 aliphatic rings. The van der Waals surface area contributed by atoms with Gasteiger partial charge in [-0.2, -0.15) is 0 Å². The first-order chi connectivity index (χ1) is 14.2. The van der Waals surface area contributed by atoms with E-state index in [1.165, 1.54) is 11.8 Å². The zero-order valence-electron chi connectivity index (χ0n) is 16.6. The van der Waals surface area contributed by atoms with Crippen molar-refractivity contribution >= 4 is 34.4 Å². The number of hydrogen-bond donors (Lipinski definition) is 1. The maximum absolute atomic E-state index is 12.6. The first-order valence-electron chi connectivity index (χ1n) is 9.49. The number of thioether (sulfide) groups is 1. The van der Waals surface area contributed by atoms with Crippen molar-refractivity contribution in [2.24, 2.45) is 0 Å². The number of anilines is 1. The van der Waals surface area contributed by atoms with Crippen LogP contribution in [0.4, 0.5) is 5.69 Å². The Balaban J connectivity index is 1.29. The van der Waals surface area contributed by atoms with E-state index in [0.29, 0.717) is 5.75 Å². The molecule has 1 aliphatic heterocycles. The van der Waals surface area contributed by atoms with Crippen molar-refractivity contribution in [3.63, 3.8) is 0 Å². The molecule has 0 spiro atoms. The number of aromatic amines is 1. The first kappa shape index (κ1) is 19.4. The third-order valence-corrected chi connectivity index (χ3v) is 5.93. The van der Waals surface area contributed by atoms with Crippen molar-refractivity contribution in [3.05, 3.63) is 42.5 Å². The van der Waals surface area contributed by atoms with E-state index >= 15 is 0 Å². The molecule has 7 nitrogen and oxygen atoms in total. The fourth-order valence-electron chi connectivity index (χ4n) is 3.39. The molecule has 152 valence electrons. The van der Waals surface area contributed by atoms with Crippen LogP contribution in [0.3, 0.4) is 0 Å². The van der Waals surface area contributed by atoms with E-state index in [9.17, 15) is 4.79 Å². The molecule has 29 heavy (non-hydrogen) atoms. The summed E-state index contributed by atoms with van der Waals surface area (Å²) in [6.45, 7) is 3.10. The molecular weight excluding hydrogens is 388 g/mol. The first-order valence-corrected chi connectivity index (χ1v) is 10.5. The second kappa shape index (κ2) is 8.65. The van der Waals surface area contributed by atoms with Crippen molar-refractivity contribution in [3.8, 4) is 11.5 Å². The van der Waals surface area contributed by atoms with Crippen molar-refractivity contribution in [1.82, 2.24) is 14.9 Å². The second-order valence-electron chi connectivity index (χ2n) is 6.78. The van der Waals surface area contributed by atoms with Crippen LogP contribution < -0.4 is 14.4 Å². The highest BCUT2D eigenvalue weighted by Crippen LogP contribution is 2.24. The molecule has 1 fully saturated rings. The second-order valence-corrected chi connectivity index (χ2v) is 7.74. The van der Waals surface area contributed by atoms with E-state index in [2.05, 4.69) is 27.0 Å². The summed E-state index contributed by atoms with van der Waals surface area (Å²) in [5.41, 5.74) is 2.94. The standard InChI is InChI=1S/C21H24N4O3S/c1-27-16-5-3-15(4-6-16)24-9-11-25(12-10-24)20(26)14-29-21-22-18-8-7-17(28-2)13-19(18)23-21/h3-8,13H,9-12,14H2,1-2H3,(H,22,23). The summed E-state index contributed by atoms with van der Waals surface area (Å²) in [7, 11) is 3.31. The SMILES string of the molecule is COc1ccc(N2CCN(C(=O)CSc3nc4ccc(OC)cc4[nH]3)CC2)cc1. The van der Waals surface area contributed by atoms with Gasteiger partial charge in [-0.25, -0.2) is 4.98 Å². The number of ether oxygens (including phenoxy) is 2. The summed E-state index contributed by atoms with van der Waals surface area (Å²) in [6.07, 6.45) is 0. The van der Waals surface area contributed by atoms with Crippen LogP contribution >= 0.6 is 11.8 Å². The molecule has 0 saturated carbocycles. The van der Waals surface area contributed by atoms with Gasteiger partial charge < -0.3 is 24.3 Å². The van der Waals surface area contributed by atoms with Crippen LogP contribution in [0.25, 0.3) is 11.0 Å². The maximum Gasteiger partial charge on any atom is 0.233 e. The Bertz CT molecular complexity index is 981. The number of imidazole rings is 1. The minimum atomic E-state index is 0.141. The molecule has 0 bridgehead atoms. The number of rotatable bonds is 6. The summed E-state index contributed by atoms with van der Waals surface area (Å²) in [5, 5.41) is 0.749. The van der Waals surface area contributed by atoms with E-state index < -0.39 is 0 Å². The summed E-state index contributed by atoms with van der Waals surface area (Å²) < 4.78 is 10.4. The Morgan fingerprint density at radius 2 is 1.72 bits per heavy atom. The predicted octanol–water partition coefficient (Wildman–Crippen LogP) is 3.02. The summed E-state index contributed by atoms with van der Waals surface area (Å²) in [5.74, 6) is 2.15. The van der Waals surface area contributed by atoms with Gasteiger partial charge in [-0.05, 0) is 36.4 Å². The quantitative estimate of drug-likeness (QED) is 0.628. The fraction of sp³-hybridized carbons (Fsp3) is 0.333. The zero-order valence-corrected chi connectivity index (χ0v) is 17.4. The minimum absolute atomic E-state index is 0.141. The highest BCUT2D eigenvalue weighted by atomic mass is 32.2. The Kier molecular flexibility index (Phi) is 5.80. The van der Waals surface area contributed by atoms with Crippen LogP contribution in [-0.4, -0.2) is 66.9 Å². The smallest absolute Gasteiger partial charge is 0.233 e. The normalized spacial score (nSPS) is 14.3.